The van der Waals surface area contributed by atoms with Crippen molar-refractivity contribution in [3.63, 3.8) is 0 Å². The molecule has 0 aliphatic carbocycles. The number of aryl methyl sites for hydroxylation is 1. The first-order chi connectivity index (χ1) is 15.0. The summed E-state index contributed by atoms with van der Waals surface area (Å²) in [6, 6.07) is 15.9. The molecule has 1 N–H and O–H groups in total. The number of ether oxygens (including phenoxy) is 2. The van der Waals surface area contributed by atoms with Crippen molar-refractivity contribution < 1.29 is 19.1 Å². The number of benzene rings is 2. The Morgan fingerprint density at radius 2 is 1.74 bits per heavy atom. The van der Waals surface area contributed by atoms with Crippen LogP contribution in [0.5, 0.6) is 5.75 Å². The van der Waals surface area contributed by atoms with Crippen LogP contribution in [-0.2, 0) is 9.53 Å². The van der Waals surface area contributed by atoms with Crippen LogP contribution in [0.25, 0.3) is 11.4 Å². The molecule has 0 aliphatic rings. The number of nitrogens with one attached hydrogen (secondary N) is 1. The number of esters is 1. The predicted octanol–water partition coefficient (Wildman–Crippen LogP) is 4.37. The molecule has 0 aliphatic heterocycles. The van der Waals surface area contributed by atoms with Crippen LogP contribution in [0, 0.1) is 6.92 Å². The van der Waals surface area contributed by atoms with Gasteiger partial charge >= 0.3 is 5.97 Å². The Bertz CT molecular complexity index is 1050. The first kappa shape index (κ1) is 22.3. The van der Waals surface area contributed by atoms with E-state index in [1.807, 2.05) is 37.3 Å². The summed E-state index contributed by atoms with van der Waals surface area (Å²) >= 11 is 1.33. The van der Waals surface area contributed by atoms with Gasteiger partial charge in [-0.2, -0.15) is 0 Å². The number of aromatic nitrogens is 2. The van der Waals surface area contributed by atoms with E-state index >= 15 is 0 Å². The van der Waals surface area contributed by atoms with Crippen molar-refractivity contribution in [1.82, 2.24) is 9.97 Å². The normalized spacial score (nSPS) is 10.4. The molecule has 0 bridgehead atoms. The van der Waals surface area contributed by atoms with Crippen LogP contribution in [0.3, 0.4) is 0 Å². The Hall–Kier alpha value is -3.39. The van der Waals surface area contributed by atoms with Crippen LogP contribution in [0.2, 0.25) is 0 Å². The fraction of sp³-hybridized carbons (Fsp3) is 0.217. The fourth-order valence-corrected chi connectivity index (χ4v) is 3.48. The Kier molecular flexibility index (Phi) is 7.61. The van der Waals surface area contributed by atoms with Gasteiger partial charge in [0.15, 0.2) is 5.82 Å². The van der Waals surface area contributed by atoms with Crippen molar-refractivity contribution in [2.75, 3.05) is 24.8 Å². The molecule has 0 radical (unpaired) electrons. The first-order valence-corrected chi connectivity index (χ1v) is 10.7. The second kappa shape index (κ2) is 10.6. The predicted molar refractivity (Wildman–Crippen MR) is 121 cm³/mol. The maximum Gasteiger partial charge on any atom is 0.338 e. The van der Waals surface area contributed by atoms with E-state index < -0.39 is 0 Å². The summed E-state index contributed by atoms with van der Waals surface area (Å²) in [6.45, 7) is 3.96. The Morgan fingerprint density at radius 1 is 1.03 bits per heavy atom. The van der Waals surface area contributed by atoms with Crippen molar-refractivity contribution in [2.45, 2.75) is 18.9 Å². The van der Waals surface area contributed by atoms with Crippen LogP contribution in [-0.4, -0.2) is 41.3 Å². The Labute approximate surface area is 185 Å². The third-order valence-corrected chi connectivity index (χ3v) is 5.12. The number of carbonyl (C=O) groups excluding carboxylic acids is 2. The van der Waals surface area contributed by atoms with Crippen molar-refractivity contribution >= 4 is 29.3 Å². The number of methoxy groups -OCH3 is 1. The number of amides is 1. The molecule has 7 nitrogen and oxygen atoms in total. The van der Waals surface area contributed by atoms with E-state index in [0.29, 0.717) is 28.7 Å². The number of hydrogen-bond donors (Lipinski definition) is 1. The third kappa shape index (κ3) is 6.29. The number of carbonyl (C=O) groups is 2. The smallest absolute Gasteiger partial charge is 0.338 e. The molecule has 2 aromatic carbocycles. The minimum absolute atomic E-state index is 0.170. The second-order valence-corrected chi connectivity index (χ2v) is 7.53. The first-order valence-electron chi connectivity index (χ1n) is 9.68. The van der Waals surface area contributed by atoms with Crippen molar-refractivity contribution in [3.05, 3.63) is 65.9 Å². The van der Waals surface area contributed by atoms with Gasteiger partial charge in [-0.15, -0.1) is 0 Å². The van der Waals surface area contributed by atoms with E-state index in [0.717, 1.165) is 17.0 Å². The molecule has 1 aromatic heterocycles. The van der Waals surface area contributed by atoms with Crippen LogP contribution in [0.4, 0.5) is 5.69 Å². The lowest BCUT2D eigenvalue weighted by Gasteiger charge is -2.08. The molecule has 8 heteroatoms. The molecular formula is C23H23N3O4S. The zero-order valence-corrected chi connectivity index (χ0v) is 18.4. The number of rotatable bonds is 8. The number of thioether (sulfide) groups is 1. The highest BCUT2D eigenvalue weighted by Crippen LogP contribution is 2.23. The van der Waals surface area contributed by atoms with Gasteiger partial charge in [-0.25, -0.2) is 14.8 Å². The summed E-state index contributed by atoms with van der Waals surface area (Å²) in [7, 11) is 1.62. The lowest BCUT2D eigenvalue weighted by Crippen LogP contribution is -2.14. The molecule has 0 saturated heterocycles. The highest BCUT2D eigenvalue weighted by atomic mass is 32.2. The van der Waals surface area contributed by atoms with Gasteiger partial charge in [-0.1, -0.05) is 11.8 Å². The molecule has 1 amide bonds. The average Bonchev–Trinajstić information content (AvgIpc) is 2.78. The van der Waals surface area contributed by atoms with Gasteiger partial charge in [-0.05, 0) is 68.4 Å². The minimum Gasteiger partial charge on any atom is -0.497 e. The number of anilines is 1. The highest BCUT2D eigenvalue weighted by molar-refractivity contribution is 7.99. The van der Waals surface area contributed by atoms with Gasteiger partial charge in [0.2, 0.25) is 5.91 Å². The summed E-state index contributed by atoms with van der Waals surface area (Å²) in [5.74, 6) is 0.995. The molecule has 0 spiro atoms. The highest BCUT2D eigenvalue weighted by Gasteiger charge is 2.10. The van der Waals surface area contributed by atoms with Crippen molar-refractivity contribution in [2.24, 2.45) is 0 Å². The molecule has 31 heavy (non-hydrogen) atoms. The van der Waals surface area contributed by atoms with E-state index in [1.54, 1.807) is 38.3 Å². The van der Waals surface area contributed by atoms with Crippen LogP contribution in [0.1, 0.15) is 23.0 Å². The molecule has 0 atom stereocenters. The van der Waals surface area contributed by atoms with Gasteiger partial charge in [0.25, 0.3) is 0 Å². The number of nitrogens with zero attached hydrogens (tertiary/aromatic N) is 2. The fourth-order valence-electron chi connectivity index (χ4n) is 2.72. The third-order valence-electron chi connectivity index (χ3n) is 4.21. The lowest BCUT2D eigenvalue weighted by atomic mass is 10.2. The van der Waals surface area contributed by atoms with E-state index in [1.165, 1.54) is 11.8 Å². The maximum absolute atomic E-state index is 12.3. The van der Waals surface area contributed by atoms with Crippen LogP contribution < -0.4 is 10.1 Å². The molecule has 0 unspecified atom stereocenters. The topological polar surface area (TPSA) is 90.4 Å². The van der Waals surface area contributed by atoms with Gasteiger partial charge in [0, 0.05) is 16.9 Å². The lowest BCUT2D eigenvalue weighted by molar-refractivity contribution is -0.113. The van der Waals surface area contributed by atoms with Crippen molar-refractivity contribution in [3.8, 4) is 17.1 Å². The summed E-state index contributed by atoms with van der Waals surface area (Å²) < 4.78 is 10.1. The van der Waals surface area contributed by atoms with Crippen molar-refractivity contribution in [1.29, 1.82) is 0 Å². The molecule has 1 heterocycles. The zero-order valence-electron chi connectivity index (χ0n) is 17.5. The largest absolute Gasteiger partial charge is 0.497 e. The molecule has 0 saturated carbocycles. The number of hydrogen-bond acceptors (Lipinski definition) is 7. The average molecular weight is 438 g/mol. The van der Waals surface area contributed by atoms with Gasteiger partial charge in [0.1, 0.15) is 10.8 Å². The Balaban J connectivity index is 1.61. The Morgan fingerprint density at radius 3 is 2.39 bits per heavy atom. The van der Waals surface area contributed by atoms with E-state index in [2.05, 4.69) is 15.3 Å². The summed E-state index contributed by atoms with van der Waals surface area (Å²) in [6.07, 6.45) is 0. The molecular weight excluding hydrogens is 414 g/mol. The maximum atomic E-state index is 12.3. The second-order valence-electron chi connectivity index (χ2n) is 6.53. The quantitative estimate of drug-likeness (QED) is 0.318. The summed E-state index contributed by atoms with van der Waals surface area (Å²) in [4.78, 5) is 33.1. The van der Waals surface area contributed by atoms with Crippen LogP contribution in [0.15, 0.2) is 59.6 Å². The molecule has 3 aromatic rings. The molecule has 3 rings (SSSR count). The van der Waals surface area contributed by atoms with Gasteiger partial charge in [0.05, 0.1) is 25.0 Å². The monoisotopic (exact) mass is 437 g/mol. The SMILES string of the molecule is CCOC(=O)c1ccc(NC(=O)CSc2cc(C)nc(-c3ccc(OC)cc3)n2)cc1. The van der Waals surface area contributed by atoms with E-state index in [-0.39, 0.29) is 17.6 Å². The van der Waals surface area contributed by atoms with Crippen LogP contribution >= 0.6 is 11.8 Å². The van der Waals surface area contributed by atoms with Gasteiger partial charge in [-0.3, -0.25) is 4.79 Å². The zero-order chi connectivity index (χ0) is 22.2. The summed E-state index contributed by atoms with van der Waals surface area (Å²) in [5, 5.41) is 3.53. The van der Waals surface area contributed by atoms with Gasteiger partial charge < -0.3 is 14.8 Å². The standard InChI is InChI=1S/C23H23N3O4S/c1-4-30-23(28)17-5-9-18(10-6-17)25-20(27)14-31-21-13-15(2)24-22(26-21)16-7-11-19(29-3)12-8-16/h5-13H,4,14H2,1-3H3,(H,25,27). The van der Waals surface area contributed by atoms with E-state index in [4.69, 9.17) is 9.47 Å². The summed E-state index contributed by atoms with van der Waals surface area (Å²) in [5.41, 5.74) is 2.74. The minimum atomic E-state index is -0.386. The van der Waals surface area contributed by atoms with E-state index in [9.17, 15) is 9.59 Å². The molecule has 160 valence electrons. The molecule has 0 fully saturated rings.